The first-order chi connectivity index (χ1) is 8.00. The van der Waals surface area contributed by atoms with Gasteiger partial charge in [0.2, 0.25) is 0 Å². The van der Waals surface area contributed by atoms with E-state index in [0.717, 1.165) is 6.54 Å². The lowest BCUT2D eigenvalue weighted by Crippen LogP contribution is -2.24. The highest BCUT2D eigenvalue weighted by Gasteiger charge is 2.11. The monoisotopic (exact) mass is 237 g/mol. The average Bonchev–Trinajstić information content (AvgIpc) is 2.25. The molecule has 1 N–H and O–H groups in total. The van der Waals surface area contributed by atoms with E-state index in [1.54, 1.807) is 24.3 Å². The summed E-state index contributed by atoms with van der Waals surface area (Å²) in [5.74, 6) is -0.168. The molecule has 0 heterocycles. The Morgan fingerprint density at radius 2 is 2.06 bits per heavy atom. The van der Waals surface area contributed by atoms with E-state index >= 15 is 0 Å². The Balaban J connectivity index is 2.60. The van der Waals surface area contributed by atoms with E-state index in [0.29, 0.717) is 18.3 Å². The van der Waals surface area contributed by atoms with Crippen molar-refractivity contribution in [2.24, 2.45) is 5.92 Å². The summed E-state index contributed by atoms with van der Waals surface area (Å²) in [5, 5.41) is 8.99. The first kappa shape index (κ1) is 13.5. The van der Waals surface area contributed by atoms with E-state index in [1.165, 1.54) is 0 Å². The Labute approximate surface area is 102 Å². The second kappa shape index (κ2) is 6.25. The molecule has 1 aromatic rings. The van der Waals surface area contributed by atoms with Crippen molar-refractivity contribution in [1.82, 2.24) is 4.90 Å². The lowest BCUT2D eigenvalue weighted by atomic mass is 10.2. The van der Waals surface area contributed by atoms with E-state index in [1.807, 2.05) is 14.1 Å². The maximum Gasteiger partial charge on any atom is 0.339 e. The molecule has 0 aliphatic carbocycles. The predicted molar refractivity (Wildman–Crippen MR) is 66.6 cm³/mol. The molecule has 0 aliphatic rings. The van der Waals surface area contributed by atoms with Gasteiger partial charge in [-0.2, -0.15) is 0 Å². The van der Waals surface area contributed by atoms with Gasteiger partial charge in [0.05, 0.1) is 6.61 Å². The molecule has 4 nitrogen and oxygen atoms in total. The van der Waals surface area contributed by atoms with Gasteiger partial charge in [-0.05, 0) is 26.2 Å². The normalized spacial score (nSPS) is 12.5. The molecule has 0 saturated carbocycles. The van der Waals surface area contributed by atoms with Gasteiger partial charge in [0, 0.05) is 12.5 Å². The van der Waals surface area contributed by atoms with E-state index < -0.39 is 5.97 Å². The number of hydrogen-bond acceptors (Lipinski definition) is 3. The fourth-order valence-corrected chi connectivity index (χ4v) is 1.68. The van der Waals surface area contributed by atoms with Crippen LogP contribution < -0.4 is 4.74 Å². The van der Waals surface area contributed by atoms with Gasteiger partial charge in [0.15, 0.2) is 0 Å². The first-order valence-corrected chi connectivity index (χ1v) is 5.60. The summed E-state index contributed by atoms with van der Waals surface area (Å²) in [7, 11) is 4.00. The number of nitrogens with zero attached hydrogens (tertiary/aromatic N) is 1. The molecule has 1 rings (SSSR count). The number of rotatable bonds is 6. The van der Waals surface area contributed by atoms with Crippen LogP contribution in [-0.4, -0.2) is 43.2 Å². The Morgan fingerprint density at radius 1 is 1.41 bits per heavy atom. The Bertz CT molecular complexity index is 377. The molecule has 1 atom stereocenters. The number of hydrogen-bond donors (Lipinski definition) is 1. The van der Waals surface area contributed by atoms with Gasteiger partial charge >= 0.3 is 5.97 Å². The molecule has 94 valence electrons. The lowest BCUT2D eigenvalue weighted by Gasteiger charge is -2.18. The van der Waals surface area contributed by atoms with Crippen LogP contribution in [0, 0.1) is 5.92 Å². The molecule has 0 radical (unpaired) electrons. The summed E-state index contributed by atoms with van der Waals surface area (Å²) in [5.41, 5.74) is 0.213. The minimum atomic E-state index is -0.958. The number of carboxylic acid groups (broad SMARTS) is 1. The van der Waals surface area contributed by atoms with Crippen molar-refractivity contribution in [1.29, 1.82) is 0 Å². The molecule has 0 bridgehead atoms. The van der Waals surface area contributed by atoms with Crippen LogP contribution >= 0.6 is 0 Å². The van der Waals surface area contributed by atoms with Crippen LogP contribution in [0.5, 0.6) is 5.75 Å². The fraction of sp³-hybridized carbons (Fsp3) is 0.462. The molecule has 17 heavy (non-hydrogen) atoms. The SMILES string of the molecule is C[C@H](COc1ccccc1C(=O)O)CN(C)C. The second-order valence-electron chi connectivity index (χ2n) is 4.48. The van der Waals surface area contributed by atoms with Crippen LogP contribution in [0.2, 0.25) is 0 Å². The highest BCUT2D eigenvalue weighted by Crippen LogP contribution is 2.18. The zero-order valence-electron chi connectivity index (χ0n) is 10.5. The standard InChI is InChI=1S/C13H19NO3/c1-10(8-14(2)3)9-17-12-7-5-4-6-11(12)13(15)16/h4-7,10H,8-9H2,1-3H3,(H,15,16)/t10-/m0/s1. The van der Waals surface area contributed by atoms with Crippen molar-refractivity contribution in [3.8, 4) is 5.75 Å². The van der Waals surface area contributed by atoms with E-state index in [2.05, 4.69) is 11.8 Å². The highest BCUT2D eigenvalue weighted by atomic mass is 16.5. The summed E-state index contributed by atoms with van der Waals surface area (Å²) >= 11 is 0. The van der Waals surface area contributed by atoms with E-state index in [9.17, 15) is 4.79 Å². The van der Waals surface area contributed by atoms with Gasteiger partial charge in [-0.15, -0.1) is 0 Å². The zero-order valence-corrected chi connectivity index (χ0v) is 10.5. The van der Waals surface area contributed by atoms with Crippen molar-refractivity contribution in [3.05, 3.63) is 29.8 Å². The number of para-hydroxylation sites is 1. The first-order valence-electron chi connectivity index (χ1n) is 5.60. The number of carboxylic acids is 1. The quantitative estimate of drug-likeness (QED) is 0.821. The van der Waals surface area contributed by atoms with Crippen LogP contribution in [0.15, 0.2) is 24.3 Å². The van der Waals surface area contributed by atoms with Gasteiger partial charge in [-0.1, -0.05) is 19.1 Å². The molecule has 0 aliphatic heterocycles. The fourth-order valence-electron chi connectivity index (χ4n) is 1.68. The third-order valence-electron chi connectivity index (χ3n) is 2.32. The van der Waals surface area contributed by atoms with Crippen LogP contribution in [0.25, 0.3) is 0 Å². The van der Waals surface area contributed by atoms with Gasteiger partial charge in [-0.3, -0.25) is 0 Å². The highest BCUT2D eigenvalue weighted by molar-refractivity contribution is 5.90. The lowest BCUT2D eigenvalue weighted by molar-refractivity contribution is 0.0691. The summed E-state index contributed by atoms with van der Waals surface area (Å²) in [6.45, 7) is 3.50. The topological polar surface area (TPSA) is 49.8 Å². The van der Waals surface area contributed by atoms with Crippen molar-refractivity contribution < 1.29 is 14.6 Å². The molecule has 0 saturated heterocycles. The minimum Gasteiger partial charge on any atom is -0.492 e. The van der Waals surface area contributed by atoms with Crippen LogP contribution in [0.4, 0.5) is 0 Å². The summed E-state index contributed by atoms with van der Waals surface area (Å²) < 4.78 is 5.55. The average molecular weight is 237 g/mol. The van der Waals surface area contributed by atoms with Gasteiger partial charge in [0.1, 0.15) is 11.3 Å². The molecular formula is C13H19NO3. The van der Waals surface area contributed by atoms with Crippen molar-refractivity contribution in [3.63, 3.8) is 0 Å². The summed E-state index contributed by atoms with van der Waals surface area (Å²) in [6, 6.07) is 6.71. The van der Waals surface area contributed by atoms with Gasteiger partial charge in [0.25, 0.3) is 0 Å². The molecule has 0 amide bonds. The minimum absolute atomic E-state index is 0.213. The summed E-state index contributed by atoms with van der Waals surface area (Å²) in [6.07, 6.45) is 0. The van der Waals surface area contributed by atoms with Crippen molar-refractivity contribution in [2.75, 3.05) is 27.2 Å². The van der Waals surface area contributed by atoms with Crippen LogP contribution in [0.1, 0.15) is 17.3 Å². The molecule has 0 spiro atoms. The number of aromatic carboxylic acids is 1. The molecule has 0 fully saturated rings. The second-order valence-corrected chi connectivity index (χ2v) is 4.48. The number of carbonyl (C=O) groups is 1. The van der Waals surface area contributed by atoms with E-state index in [4.69, 9.17) is 9.84 Å². The third-order valence-corrected chi connectivity index (χ3v) is 2.32. The number of benzene rings is 1. The molecule has 0 aromatic heterocycles. The maximum absolute atomic E-state index is 11.0. The Morgan fingerprint density at radius 3 is 2.65 bits per heavy atom. The molecule has 1 aromatic carbocycles. The Hall–Kier alpha value is -1.55. The van der Waals surface area contributed by atoms with Gasteiger partial charge in [-0.25, -0.2) is 4.79 Å². The van der Waals surface area contributed by atoms with Crippen LogP contribution in [0.3, 0.4) is 0 Å². The zero-order chi connectivity index (χ0) is 12.8. The van der Waals surface area contributed by atoms with Crippen LogP contribution in [-0.2, 0) is 0 Å². The van der Waals surface area contributed by atoms with Gasteiger partial charge < -0.3 is 14.7 Å². The largest absolute Gasteiger partial charge is 0.492 e. The maximum atomic E-state index is 11.0. The Kier molecular flexibility index (Phi) is 4.97. The molecule has 4 heteroatoms. The molecule has 0 unspecified atom stereocenters. The third kappa shape index (κ3) is 4.44. The predicted octanol–water partition coefficient (Wildman–Crippen LogP) is 1.96. The van der Waals surface area contributed by atoms with Crippen molar-refractivity contribution in [2.45, 2.75) is 6.92 Å². The summed E-state index contributed by atoms with van der Waals surface area (Å²) in [4.78, 5) is 13.0. The molecular weight excluding hydrogens is 218 g/mol. The van der Waals surface area contributed by atoms with Crippen molar-refractivity contribution >= 4 is 5.97 Å². The van der Waals surface area contributed by atoms with E-state index in [-0.39, 0.29) is 5.56 Å². The smallest absolute Gasteiger partial charge is 0.339 e. The number of ether oxygens (including phenoxy) is 1.